The maximum absolute atomic E-state index is 14.8. The second-order valence-electron chi connectivity index (χ2n) is 10.2. The number of carbonyl (C=O) groups is 1. The fourth-order valence-corrected chi connectivity index (χ4v) is 8.71. The Morgan fingerprint density at radius 2 is 1.90 bits per heavy atom. The first-order valence-corrected chi connectivity index (χ1v) is 12.6. The van der Waals surface area contributed by atoms with Gasteiger partial charge in [-0.05, 0) is 61.8 Å². The lowest BCUT2D eigenvalue weighted by Gasteiger charge is -2.33. The van der Waals surface area contributed by atoms with E-state index in [1.165, 1.54) is 12.8 Å². The summed E-state index contributed by atoms with van der Waals surface area (Å²) >= 11 is 6.28. The van der Waals surface area contributed by atoms with Gasteiger partial charge in [-0.3, -0.25) is 4.79 Å². The number of ether oxygens (including phenoxy) is 1. The molecule has 0 amide bonds. The highest BCUT2D eigenvalue weighted by atomic mass is 35.5. The van der Waals surface area contributed by atoms with Gasteiger partial charge in [0.25, 0.3) is 0 Å². The lowest BCUT2D eigenvalue weighted by Crippen LogP contribution is -2.31. The molecule has 164 valence electrons. The zero-order valence-electron chi connectivity index (χ0n) is 16.9. The number of carboxylic acid groups (broad SMARTS) is 1. The molecule has 4 saturated carbocycles. The molecular weight excluding hydrogens is 431 g/mol. The lowest BCUT2D eigenvalue weighted by atomic mass is 9.76. The highest BCUT2D eigenvalue weighted by Gasteiger charge is 2.73. The minimum Gasteiger partial charge on any atom is -0.491 e. The molecule has 0 aromatic heterocycles. The van der Waals surface area contributed by atoms with Gasteiger partial charge in [0.05, 0.1) is 22.8 Å². The lowest BCUT2D eigenvalue weighted by molar-refractivity contribution is -0.141. The van der Waals surface area contributed by atoms with E-state index in [1.54, 1.807) is 0 Å². The fourth-order valence-electron chi connectivity index (χ4n) is 6.33. The maximum atomic E-state index is 14.8. The summed E-state index contributed by atoms with van der Waals surface area (Å²) in [6, 6.07) is 2.11. The first kappa shape index (κ1) is 20.6. The van der Waals surface area contributed by atoms with Crippen LogP contribution in [0.1, 0.15) is 51.9 Å². The van der Waals surface area contributed by atoms with E-state index in [4.69, 9.17) is 16.3 Å². The first-order valence-electron chi connectivity index (χ1n) is 10.6. The summed E-state index contributed by atoms with van der Waals surface area (Å²) in [7, 11) is -4.15. The highest BCUT2D eigenvalue weighted by Crippen LogP contribution is 2.81. The Morgan fingerprint density at radius 3 is 2.53 bits per heavy atom. The molecule has 0 aliphatic heterocycles. The normalized spacial score (nSPS) is 39.2. The first-order chi connectivity index (χ1) is 14.1. The zero-order valence-corrected chi connectivity index (χ0v) is 18.4. The molecule has 2 unspecified atom stereocenters. The standard InChI is InChI=1S/C22H26ClFO5S/c1-21(7-12-9-22(12)10-13(22)8-21)11-29-17-6-16(24)19(5-15(17)23)30(27,28)18-4-2-3-14(18)20(25)26/h5-6,12-14,18H,2-4,7-11H2,1H3,(H,25,26)/t12-,13+,14-,18-,21?,22?/m1/s1. The third kappa shape index (κ3) is 3.15. The van der Waals surface area contributed by atoms with Crippen molar-refractivity contribution in [2.75, 3.05) is 6.61 Å². The number of aliphatic carboxylic acids is 1. The molecule has 0 saturated heterocycles. The van der Waals surface area contributed by atoms with Gasteiger partial charge < -0.3 is 9.84 Å². The van der Waals surface area contributed by atoms with Crippen LogP contribution < -0.4 is 4.74 Å². The van der Waals surface area contributed by atoms with Gasteiger partial charge in [-0.25, -0.2) is 12.8 Å². The van der Waals surface area contributed by atoms with E-state index in [-0.39, 0.29) is 29.0 Å². The van der Waals surface area contributed by atoms with Crippen LogP contribution >= 0.6 is 11.6 Å². The predicted molar refractivity (Wildman–Crippen MR) is 109 cm³/mol. The fraction of sp³-hybridized carbons (Fsp3) is 0.682. The molecule has 5 nitrogen and oxygen atoms in total. The van der Waals surface area contributed by atoms with Crippen molar-refractivity contribution in [2.24, 2.45) is 28.6 Å². The molecule has 4 aliphatic carbocycles. The number of carboxylic acids is 1. The van der Waals surface area contributed by atoms with E-state index in [0.717, 1.165) is 36.8 Å². The second-order valence-corrected chi connectivity index (χ2v) is 12.8. The average molecular weight is 457 g/mol. The van der Waals surface area contributed by atoms with Crippen molar-refractivity contribution in [3.63, 3.8) is 0 Å². The Hall–Kier alpha value is -1.34. The summed E-state index contributed by atoms with van der Waals surface area (Å²) in [6.07, 6.45) is 5.83. The van der Waals surface area contributed by atoms with Crippen molar-refractivity contribution in [2.45, 2.75) is 62.0 Å². The highest BCUT2D eigenvalue weighted by molar-refractivity contribution is 7.92. The number of rotatable bonds is 6. The van der Waals surface area contributed by atoms with E-state index in [2.05, 4.69) is 6.92 Å². The summed E-state index contributed by atoms with van der Waals surface area (Å²) in [5, 5.41) is 8.22. The number of hydrogen-bond donors (Lipinski definition) is 1. The Kier molecular flexibility index (Phi) is 4.51. The summed E-state index contributed by atoms with van der Waals surface area (Å²) in [4.78, 5) is 10.9. The molecule has 4 aliphatic rings. The second kappa shape index (κ2) is 6.58. The third-order valence-corrected chi connectivity index (χ3v) is 10.7. The monoisotopic (exact) mass is 456 g/mol. The van der Waals surface area contributed by atoms with Gasteiger partial charge in [0.15, 0.2) is 9.84 Å². The van der Waals surface area contributed by atoms with Crippen LogP contribution in [0.4, 0.5) is 4.39 Å². The van der Waals surface area contributed by atoms with Crippen LogP contribution in [0.2, 0.25) is 5.02 Å². The summed E-state index contributed by atoms with van der Waals surface area (Å²) in [5.41, 5.74) is 0.669. The quantitative estimate of drug-likeness (QED) is 0.670. The van der Waals surface area contributed by atoms with Crippen molar-refractivity contribution >= 4 is 27.4 Å². The Balaban J connectivity index is 1.34. The molecule has 1 aromatic carbocycles. The molecule has 1 aromatic rings. The maximum Gasteiger partial charge on any atom is 0.307 e. The van der Waals surface area contributed by atoms with Gasteiger partial charge in [0, 0.05) is 11.5 Å². The number of hydrogen-bond acceptors (Lipinski definition) is 4. The Morgan fingerprint density at radius 1 is 1.23 bits per heavy atom. The zero-order chi connectivity index (χ0) is 21.5. The number of benzene rings is 1. The number of sulfone groups is 1. The van der Waals surface area contributed by atoms with Gasteiger partial charge >= 0.3 is 5.97 Å². The van der Waals surface area contributed by atoms with Crippen molar-refractivity contribution in [1.29, 1.82) is 0 Å². The van der Waals surface area contributed by atoms with Crippen LogP contribution in [0, 0.1) is 34.4 Å². The Labute approximate surface area is 180 Å². The molecule has 0 heterocycles. The van der Waals surface area contributed by atoms with Crippen LogP contribution in [-0.2, 0) is 14.6 Å². The molecule has 0 radical (unpaired) electrons. The SMILES string of the molecule is CC1(COc2cc(F)c(S(=O)(=O)[C@@H]3CCC[C@H]3C(=O)O)cc2Cl)C[C@@H]2CC23C[C@@H]3C1. The number of halogens is 2. The smallest absolute Gasteiger partial charge is 0.307 e. The average Bonchev–Trinajstić information content (AvgIpc) is 3.45. The van der Waals surface area contributed by atoms with Gasteiger partial charge in [0.2, 0.25) is 0 Å². The summed E-state index contributed by atoms with van der Waals surface area (Å²) in [6.45, 7) is 2.62. The predicted octanol–water partition coefficient (Wildman–Crippen LogP) is 4.71. The minimum atomic E-state index is -4.15. The molecule has 5 rings (SSSR count). The van der Waals surface area contributed by atoms with Crippen molar-refractivity contribution < 1.29 is 27.4 Å². The van der Waals surface area contributed by atoms with Gasteiger partial charge in [-0.15, -0.1) is 0 Å². The van der Waals surface area contributed by atoms with E-state index in [0.29, 0.717) is 18.4 Å². The van der Waals surface area contributed by atoms with Crippen LogP contribution in [-0.4, -0.2) is 31.4 Å². The van der Waals surface area contributed by atoms with Crippen molar-refractivity contribution in [3.8, 4) is 5.75 Å². The molecule has 1 N–H and O–H groups in total. The van der Waals surface area contributed by atoms with E-state index >= 15 is 0 Å². The molecule has 4 fully saturated rings. The molecule has 8 heteroatoms. The van der Waals surface area contributed by atoms with E-state index < -0.39 is 37.7 Å². The molecular formula is C22H26ClFO5S. The van der Waals surface area contributed by atoms with Gasteiger partial charge in [-0.1, -0.05) is 24.9 Å². The van der Waals surface area contributed by atoms with Crippen LogP contribution in [0.25, 0.3) is 0 Å². The summed E-state index contributed by atoms with van der Waals surface area (Å²) in [5.74, 6) is -1.41. The van der Waals surface area contributed by atoms with Crippen LogP contribution in [0.15, 0.2) is 17.0 Å². The Bertz CT molecular complexity index is 1000. The van der Waals surface area contributed by atoms with Gasteiger partial charge in [0.1, 0.15) is 16.5 Å². The topological polar surface area (TPSA) is 80.7 Å². The largest absolute Gasteiger partial charge is 0.491 e. The van der Waals surface area contributed by atoms with E-state index in [9.17, 15) is 22.7 Å². The minimum absolute atomic E-state index is 0.0228. The summed E-state index contributed by atoms with van der Waals surface area (Å²) < 4.78 is 46.7. The van der Waals surface area contributed by atoms with Crippen LogP contribution in [0.5, 0.6) is 5.75 Å². The molecule has 1 spiro atoms. The third-order valence-electron chi connectivity index (χ3n) is 8.07. The van der Waals surface area contributed by atoms with Gasteiger partial charge in [-0.2, -0.15) is 0 Å². The van der Waals surface area contributed by atoms with Crippen molar-refractivity contribution in [3.05, 3.63) is 23.0 Å². The molecule has 30 heavy (non-hydrogen) atoms. The van der Waals surface area contributed by atoms with E-state index in [1.807, 2.05) is 0 Å². The molecule has 0 bridgehead atoms. The van der Waals surface area contributed by atoms with Crippen LogP contribution in [0.3, 0.4) is 0 Å². The molecule has 6 atom stereocenters. The van der Waals surface area contributed by atoms with Crippen molar-refractivity contribution in [1.82, 2.24) is 0 Å².